The molecule has 3 heteroatoms. The van der Waals surface area contributed by atoms with E-state index in [9.17, 15) is 9.50 Å². The normalized spacial score (nSPS) is 27.6. The summed E-state index contributed by atoms with van der Waals surface area (Å²) in [5, 5.41) is 10.7. The van der Waals surface area contributed by atoms with Crippen molar-refractivity contribution in [2.75, 3.05) is 0 Å². The van der Waals surface area contributed by atoms with Gasteiger partial charge in [0.2, 0.25) is 0 Å². The molecule has 1 aromatic rings. The van der Waals surface area contributed by atoms with E-state index in [0.717, 1.165) is 30.2 Å². The van der Waals surface area contributed by atoms with Gasteiger partial charge in [-0.3, -0.25) is 0 Å². The maximum atomic E-state index is 13.9. The lowest BCUT2D eigenvalue weighted by atomic mass is 9.67. The Morgan fingerprint density at radius 3 is 2.40 bits per heavy atom. The van der Waals surface area contributed by atoms with Crippen molar-refractivity contribution in [2.24, 2.45) is 11.3 Å². The monoisotopic (exact) mass is 342 g/mol. The van der Waals surface area contributed by atoms with Gasteiger partial charge in [0.05, 0.1) is 5.60 Å². The highest BCUT2D eigenvalue weighted by molar-refractivity contribution is 9.10. The quantitative estimate of drug-likeness (QED) is 0.792. The first-order valence-electron chi connectivity index (χ1n) is 7.36. The Morgan fingerprint density at radius 1 is 1.30 bits per heavy atom. The van der Waals surface area contributed by atoms with Crippen LogP contribution >= 0.6 is 15.9 Å². The molecular weight excluding hydrogens is 319 g/mol. The predicted molar refractivity (Wildman–Crippen MR) is 84.2 cm³/mol. The standard InChI is InChI=1S/C17H24BrFO/c1-16(2,3)13-6-8-17(20,9-7-13)11-12-4-5-14(18)10-15(12)19/h4-5,10,13,20H,6-9,11H2,1-3H3. The Morgan fingerprint density at radius 2 is 1.90 bits per heavy atom. The van der Waals surface area contributed by atoms with E-state index < -0.39 is 5.60 Å². The van der Waals surface area contributed by atoms with Gasteiger partial charge >= 0.3 is 0 Å². The fraction of sp³-hybridized carbons (Fsp3) is 0.647. The third-order valence-corrected chi connectivity index (χ3v) is 5.17. The van der Waals surface area contributed by atoms with Gasteiger partial charge < -0.3 is 5.11 Å². The van der Waals surface area contributed by atoms with E-state index in [2.05, 4.69) is 36.7 Å². The first-order chi connectivity index (χ1) is 9.20. The van der Waals surface area contributed by atoms with Gasteiger partial charge in [0.1, 0.15) is 5.82 Å². The van der Waals surface area contributed by atoms with Gasteiger partial charge in [-0.25, -0.2) is 4.39 Å². The summed E-state index contributed by atoms with van der Waals surface area (Å²) in [6.07, 6.45) is 4.01. The molecule has 1 N–H and O–H groups in total. The average molecular weight is 343 g/mol. The Kier molecular flexibility index (Phi) is 4.60. The molecule has 1 nitrogen and oxygen atoms in total. The van der Waals surface area contributed by atoms with Crippen molar-refractivity contribution in [1.29, 1.82) is 0 Å². The van der Waals surface area contributed by atoms with Gasteiger partial charge in [0.15, 0.2) is 0 Å². The molecule has 1 fully saturated rings. The van der Waals surface area contributed by atoms with E-state index in [1.54, 1.807) is 6.07 Å². The van der Waals surface area contributed by atoms with Crippen molar-refractivity contribution in [1.82, 2.24) is 0 Å². The molecule has 1 aliphatic rings. The number of rotatable bonds is 2. The van der Waals surface area contributed by atoms with Crippen molar-refractivity contribution in [2.45, 2.75) is 58.5 Å². The molecular formula is C17H24BrFO. The molecule has 0 aromatic heterocycles. The fourth-order valence-electron chi connectivity index (χ4n) is 3.22. The van der Waals surface area contributed by atoms with Gasteiger partial charge in [0, 0.05) is 10.9 Å². The molecule has 0 bridgehead atoms. The highest BCUT2D eigenvalue weighted by Crippen LogP contribution is 2.42. The lowest BCUT2D eigenvalue weighted by Crippen LogP contribution is -2.39. The van der Waals surface area contributed by atoms with Crippen LogP contribution in [0.5, 0.6) is 0 Å². The van der Waals surface area contributed by atoms with Crippen molar-refractivity contribution in [3.8, 4) is 0 Å². The molecule has 112 valence electrons. The predicted octanol–water partition coefficient (Wildman–Crippen LogP) is 5.10. The van der Waals surface area contributed by atoms with E-state index in [1.165, 1.54) is 6.07 Å². The summed E-state index contributed by atoms with van der Waals surface area (Å²) in [6.45, 7) is 6.78. The molecule has 0 radical (unpaired) electrons. The van der Waals surface area contributed by atoms with Gasteiger partial charge in [-0.15, -0.1) is 0 Å². The number of benzene rings is 1. The number of aliphatic hydroxyl groups is 1. The lowest BCUT2D eigenvalue weighted by molar-refractivity contribution is -0.0250. The van der Waals surface area contributed by atoms with Crippen molar-refractivity contribution < 1.29 is 9.50 Å². The number of hydrogen-bond donors (Lipinski definition) is 1. The van der Waals surface area contributed by atoms with Crippen LogP contribution in [0.1, 0.15) is 52.0 Å². The van der Waals surface area contributed by atoms with Crippen LogP contribution in [0.25, 0.3) is 0 Å². The van der Waals surface area contributed by atoms with Crippen LogP contribution < -0.4 is 0 Å². The molecule has 20 heavy (non-hydrogen) atoms. The minimum atomic E-state index is -0.740. The first kappa shape index (κ1) is 16.0. The largest absolute Gasteiger partial charge is 0.390 e. The summed E-state index contributed by atoms with van der Waals surface area (Å²) in [7, 11) is 0. The molecule has 0 saturated heterocycles. The van der Waals surface area contributed by atoms with Crippen LogP contribution in [0.2, 0.25) is 0 Å². The molecule has 0 amide bonds. The zero-order chi connectivity index (χ0) is 15.0. The summed E-state index contributed by atoms with van der Waals surface area (Å²) < 4.78 is 14.6. The summed E-state index contributed by atoms with van der Waals surface area (Å²) >= 11 is 3.26. The summed E-state index contributed by atoms with van der Waals surface area (Å²) in [5.74, 6) is 0.420. The van der Waals surface area contributed by atoms with Crippen molar-refractivity contribution in [3.05, 3.63) is 34.1 Å². The second-order valence-corrected chi connectivity index (χ2v) is 8.19. The Hall–Kier alpha value is -0.410. The van der Waals surface area contributed by atoms with Gasteiger partial charge in [-0.1, -0.05) is 42.8 Å². The van der Waals surface area contributed by atoms with Gasteiger partial charge in [-0.2, -0.15) is 0 Å². The summed E-state index contributed by atoms with van der Waals surface area (Å²) in [6, 6.07) is 5.08. The zero-order valence-electron chi connectivity index (χ0n) is 12.5. The fourth-order valence-corrected chi connectivity index (χ4v) is 3.55. The maximum Gasteiger partial charge on any atom is 0.127 e. The molecule has 0 spiro atoms. The summed E-state index contributed by atoms with van der Waals surface area (Å²) in [4.78, 5) is 0. The minimum Gasteiger partial charge on any atom is -0.390 e. The van der Waals surface area contributed by atoms with E-state index in [4.69, 9.17) is 0 Å². The lowest BCUT2D eigenvalue weighted by Gasteiger charge is -2.41. The van der Waals surface area contributed by atoms with E-state index in [1.807, 2.05) is 6.07 Å². The second kappa shape index (κ2) is 5.76. The SMILES string of the molecule is CC(C)(C)C1CCC(O)(Cc2ccc(Br)cc2F)CC1. The Balaban J connectivity index is 2.03. The molecule has 0 unspecified atom stereocenters. The van der Waals surface area contributed by atoms with E-state index in [0.29, 0.717) is 23.3 Å². The van der Waals surface area contributed by atoms with Gasteiger partial charge in [0.25, 0.3) is 0 Å². The first-order valence-corrected chi connectivity index (χ1v) is 8.15. The smallest absolute Gasteiger partial charge is 0.127 e. The number of halogens is 2. The molecule has 1 saturated carbocycles. The molecule has 0 heterocycles. The topological polar surface area (TPSA) is 20.2 Å². The van der Waals surface area contributed by atoms with Crippen LogP contribution in [-0.2, 0) is 6.42 Å². The maximum absolute atomic E-state index is 13.9. The van der Waals surface area contributed by atoms with Crippen LogP contribution in [-0.4, -0.2) is 10.7 Å². The highest BCUT2D eigenvalue weighted by Gasteiger charge is 2.37. The van der Waals surface area contributed by atoms with Crippen LogP contribution in [0.15, 0.2) is 22.7 Å². The van der Waals surface area contributed by atoms with Crippen LogP contribution in [0, 0.1) is 17.2 Å². The molecule has 2 rings (SSSR count). The zero-order valence-corrected chi connectivity index (χ0v) is 14.1. The minimum absolute atomic E-state index is 0.231. The van der Waals surface area contributed by atoms with E-state index >= 15 is 0 Å². The van der Waals surface area contributed by atoms with Crippen molar-refractivity contribution in [3.63, 3.8) is 0 Å². The number of hydrogen-bond acceptors (Lipinski definition) is 1. The Labute approximate surface area is 129 Å². The van der Waals surface area contributed by atoms with Crippen LogP contribution in [0.4, 0.5) is 4.39 Å². The average Bonchev–Trinajstić information content (AvgIpc) is 2.32. The summed E-state index contributed by atoms with van der Waals surface area (Å²) in [5.41, 5.74) is 0.172. The molecule has 0 atom stereocenters. The van der Waals surface area contributed by atoms with Crippen LogP contribution in [0.3, 0.4) is 0 Å². The second-order valence-electron chi connectivity index (χ2n) is 7.28. The Bertz CT molecular complexity index is 470. The third-order valence-electron chi connectivity index (χ3n) is 4.68. The van der Waals surface area contributed by atoms with Crippen molar-refractivity contribution >= 4 is 15.9 Å². The highest BCUT2D eigenvalue weighted by atomic mass is 79.9. The molecule has 1 aromatic carbocycles. The third kappa shape index (κ3) is 3.82. The van der Waals surface area contributed by atoms with E-state index in [-0.39, 0.29) is 5.82 Å². The molecule has 0 aliphatic heterocycles. The van der Waals surface area contributed by atoms with Gasteiger partial charge in [-0.05, 0) is 54.7 Å². The molecule has 1 aliphatic carbocycles.